The minimum atomic E-state index is -0.0898. The minimum absolute atomic E-state index is 0.0898. The molecule has 0 saturated carbocycles. The summed E-state index contributed by atoms with van der Waals surface area (Å²) in [6.07, 6.45) is 0. The van der Waals surface area contributed by atoms with Crippen LogP contribution in [0.1, 0.15) is 29.2 Å². The molecule has 0 radical (unpaired) electrons. The van der Waals surface area contributed by atoms with E-state index >= 15 is 0 Å². The van der Waals surface area contributed by atoms with Crippen LogP contribution in [0.4, 0.5) is 0 Å². The van der Waals surface area contributed by atoms with Crippen molar-refractivity contribution in [2.75, 3.05) is 13.1 Å². The zero-order valence-electron chi connectivity index (χ0n) is 9.20. The molecule has 0 aliphatic rings. The molecule has 0 fully saturated rings. The van der Waals surface area contributed by atoms with E-state index in [1.165, 1.54) is 0 Å². The molecule has 6 heteroatoms. The number of nitrogens with zero attached hydrogens (tertiary/aromatic N) is 2. The molecule has 84 valence electrons. The quantitative estimate of drug-likeness (QED) is 0.723. The van der Waals surface area contributed by atoms with Gasteiger partial charge in [-0.15, -0.1) is 5.10 Å². The van der Waals surface area contributed by atoms with E-state index < -0.39 is 0 Å². The van der Waals surface area contributed by atoms with Crippen LogP contribution in [0.3, 0.4) is 0 Å². The number of aromatic nitrogens is 2. The molecule has 1 rings (SSSR count). The zero-order chi connectivity index (χ0) is 11.3. The number of aryl methyl sites for hydroxylation is 1. The Morgan fingerprint density at radius 2 is 2.20 bits per heavy atom. The van der Waals surface area contributed by atoms with Crippen molar-refractivity contribution in [2.24, 2.45) is 0 Å². The first-order valence-electron chi connectivity index (χ1n) is 4.91. The first-order valence-corrected chi connectivity index (χ1v) is 5.69. The molecule has 0 aliphatic heterocycles. The lowest BCUT2D eigenvalue weighted by molar-refractivity contribution is 0.0957. The third kappa shape index (κ3) is 3.93. The van der Waals surface area contributed by atoms with E-state index in [0.29, 0.717) is 23.2 Å². The van der Waals surface area contributed by atoms with Crippen LogP contribution in [0.5, 0.6) is 0 Å². The summed E-state index contributed by atoms with van der Waals surface area (Å²) in [7, 11) is 0. The first-order chi connectivity index (χ1) is 7.11. The van der Waals surface area contributed by atoms with Crippen LogP contribution in [0.15, 0.2) is 0 Å². The molecular weight excluding hydrogens is 212 g/mol. The molecule has 0 aromatic carbocycles. The van der Waals surface area contributed by atoms with E-state index in [2.05, 4.69) is 34.1 Å². The van der Waals surface area contributed by atoms with Crippen LogP contribution in [0, 0.1) is 6.92 Å². The first kappa shape index (κ1) is 12.1. The average molecular weight is 228 g/mol. The van der Waals surface area contributed by atoms with Crippen molar-refractivity contribution >= 4 is 17.4 Å². The maximum atomic E-state index is 11.6. The van der Waals surface area contributed by atoms with Crippen molar-refractivity contribution in [1.82, 2.24) is 20.2 Å². The summed E-state index contributed by atoms with van der Waals surface area (Å²) in [5.74, 6) is -0.0898. The number of carbonyl (C=O) groups is 1. The molecule has 15 heavy (non-hydrogen) atoms. The Morgan fingerprint density at radius 1 is 1.47 bits per heavy atom. The average Bonchev–Trinajstić information content (AvgIpc) is 2.58. The maximum absolute atomic E-state index is 11.6. The Hall–Kier alpha value is -1.01. The van der Waals surface area contributed by atoms with Gasteiger partial charge in [-0.25, -0.2) is 0 Å². The fourth-order valence-electron chi connectivity index (χ4n) is 1.06. The van der Waals surface area contributed by atoms with Gasteiger partial charge in [0.1, 0.15) is 4.88 Å². The summed E-state index contributed by atoms with van der Waals surface area (Å²) in [6, 6.07) is 0.439. The van der Waals surface area contributed by atoms with Gasteiger partial charge in [0.15, 0.2) is 0 Å². The van der Waals surface area contributed by atoms with E-state index in [1.54, 1.807) is 6.92 Å². The zero-order valence-corrected chi connectivity index (χ0v) is 10.0. The van der Waals surface area contributed by atoms with Gasteiger partial charge in [0.25, 0.3) is 5.91 Å². The summed E-state index contributed by atoms with van der Waals surface area (Å²) in [5.41, 5.74) is 0.689. The molecule has 1 aromatic heterocycles. The molecule has 0 saturated heterocycles. The highest BCUT2D eigenvalue weighted by Gasteiger charge is 2.11. The minimum Gasteiger partial charge on any atom is -0.350 e. The van der Waals surface area contributed by atoms with E-state index in [-0.39, 0.29) is 5.91 Å². The molecule has 1 heterocycles. The Balaban J connectivity index is 2.28. The van der Waals surface area contributed by atoms with E-state index in [0.717, 1.165) is 18.1 Å². The second-order valence-electron chi connectivity index (χ2n) is 3.55. The predicted octanol–water partition coefficient (Wildman–Crippen LogP) is 0.574. The lowest BCUT2D eigenvalue weighted by Crippen LogP contribution is -2.34. The van der Waals surface area contributed by atoms with Gasteiger partial charge in [0.05, 0.1) is 5.69 Å². The van der Waals surface area contributed by atoms with Crippen LogP contribution in [0.25, 0.3) is 0 Å². The Labute approximate surface area is 93.4 Å². The lowest BCUT2D eigenvalue weighted by atomic mass is 10.3. The van der Waals surface area contributed by atoms with Crippen LogP contribution in [-0.2, 0) is 0 Å². The highest BCUT2D eigenvalue weighted by Crippen LogP contribution is 2.07. The van der Waals surface area contributed by atoms with Gasteiger partial charge in [-0.3, -0.25) is 4.79 Å². The molecule has 2 N–H and O–H groups in total. The molecule has 0 spiro atoms. The van der Waals surface area contributed by atoms with Crippen LogP contribution in [0.2, 0.25) is 0 Å². The Bertz CT molecular complexity index is 324. The lowest BCUT2D eigenvalue weighted by Gasteiger charge is -2.08. The molecule has 1 aromatic rings. The molecule has 0 unspecified atom stereocenters. The van der Waals surface area contributed by atoms with Crippen molar-refractivity contribution in [3.63, 3.8) is 0 Å². The third-order valence-corrected chi connectivity index (χ3v) is 2.65. The van der Waals surface area contributed by atoms with Crippen molar-refractivity contribution in [1.29, 1.82) is 0 Å². The third-order valence-electron chi connectivity index (χ3n) is 1.82. The molecule has 0 aliphatic carbocycles. The summed E-state index contributed by atoms with van der Waals surface area (Å²) >= 11 is 1.13. The smallest absolute Gasteiger partial charge is 0.264 e. The maximum Gasteiger partial charge on any atom is 0.264 e. The van der Waals surface area contributed by atoms with Gasteiger partial charge in [-0.05, 0) is 18.5 Å². The molecular formula is C9H16N4OS. The standard InChI is InChI=1S/C9H16N4OS/c1-6(2)10-4-5-11-9(14)8-7(3)12-13-15-8/h6,10H,4-5H2,1-3H3,(H,11,14). The molecule has 0 atom stereocenters. The highest BCUT2D eigenvalue weighted by atomic mass is 32.1. The second kappa shape index (κ2) is 5.77. The normalized spacial score (nSPS) is 10.7. The fourth-order valence-corrected chi connectivity index (χ4v) is 1.63. The topological polar surface area (TPSA) is 66.9 Å². The van der Waals surface area contributed by atoms with Gasteiger partial charge in [-0.2, -0.15) is 0 Å². The number of nitrogens with one attached hydrogen (secondary N) is 2. The number of carbonyl (C=O) groups excluding carboxylic acids is 1. The van der Waals surface area contributed by atoms with Crippen molar-refractivity contribution in [2.45, 2.75) is 26.8 Å². The van der Waals surface area contributed by atoms with E-state index in [1.807, 2.05) is 0 Å². The SMILES string of the molecule is Cc1nnsc1C(=O)NCCNC(C)C. The predicted molar refractivity (Wildman–Crippen MR) is 60.1 cm³/mol. The Kier molecular flexibility index (Phi) is 4.64. The van der Waals surface area contributed by atoms with Gasteiger partial charge < -0.3 is 10.6 Å². The van der Waals surface area contributed by atoms with Crippen molar-refractivity contribution in [3.8, 4) is 0 Å². The number of hydrogen-bond donors (Lipinski definition) is 2. The second-order valence-corrected chi connectivity index (χ2v) is 4.31. The monoisotopic (exact) mass is 228 g/mol. The number of hydrogen-bond acceptors (Lipinski definition) is 5. The van der Waals surface area contributed by atoms with Crippen molar-refractivity contribution < 1.29 is 4.79 Å². The number of amides is 1. The van der Waals surface area contributed by atoms with Gasteiger partial charge in [0, 0.05) is 19.1 Å². The summed E-state index contributed by atoms with van der Waals surface area (Å²) in [5, 5.41) is 9.81. The molecule has 5 nitrogen and oxygen atoms in total. The highest BCUT2D eigenvalue weighted by molar-refractivity contribution is 7.07. The summed E-state index contributed by atoms with van der Waals surface area (Å²) in [4.78, 5) is 12.2. The van der Waals surface area contributed by atoms with E-state index in [9.17, 15) is 4.79 Å². The fraction of sp³-hybridized carbons (Fsp3) is 0.667. The van der Waals surface area contributed by atoms with Crippen LogP contribution in [-0.4, -0.2) is 34.6 Å². The summed E-state index contributed by atoms with van der Waals surface area (Å²) in [6.45, 7) is 7.31. The molecule has 0 bridgehead atoms. The van der Waals surface area contributed by atoms with Crippen molar-refractivity contribution in [3.05, 3.63) is 10.6 Å². The van der Waals surface area contributed by atoms with Gasteiger partial charge >= 0.3 is 0 Å². The Morgan fingerprint density at radius 3 is 2.73 bits per heavy atom. The van der Waals surface area contributed by atoms with Gasteiger partial charge in [0.2, 0.25) is 0 Å². The van der Waals surface area contributed by atoms with Crippen LogP contribution >= 0.6 is 11.5 Å². The van der Waals surface area contributed by atoms with E-state index in [4.69, 9.17) is 0 Å². The van der Waals surface area contributed by atoms with Crippen LogP contribution < -0.4 is 10.6 Å². The number of rotatable bonds is 5. The summed E-state index contributed by atoms with van der Waals surface area (Å²) < 4.78 is 3.71. The largest absolute Gasteiger partial charge is 0.350 e. The van der Waals surface area contributed by atoms with Gasteiger partial charge in [-0.1, -0.05) is 18.3 Å². The molecule has 1 amide bonds.